The van der Waals surface area contributed by atoms with Gasteiger partial charge in [-0.3, -0.25) is 5.43 Å². The molecule has 35 heavy (non-hydrogen) atoms. The number of ether oxygens (including phenoxy) is 1. The average molecular weight is 501 g/mol. The molecule has 0 saturated heterocycles. The number of oxime groups is 1. The first-order valence-corrected chi connectivity index (χ1v) is 10.9. The Kier molecular flexibility index (Phi) is 8.43. The van der Waals surface area contributed by atoms with Crippen LogP contribution < -0.4 is 20.3 Å². The quantitative estimate of drug-likeness (QED) is 0.226. The average Bonchev–Trinajstić information content (AvgIpc) is 2.80. The molecular formula is C25H23F3N4O2S. The van der Waals surface area contributed by atoms with Crippen LogP contribution in [0.2, 0.25) is 0 Å². The SMILES string of the molecule is C/C(=N\Oc1ccc(/C=N/NC(=S)Nc2c(C)cccc2C)cc1)c1ccc(OC(F)(F)F)cc1. The molecule has 10 heteroatoms. The summed E-state index contributed by atoms with van der Waals surface area (Å²) < 4.78 is 40.6. The van der Waals surface area contributed by atoms with Gasteiger partial charge in [0.2, 0.25) is 0 Å². The molecule has 2 N–H and O–H groups in total. The van der Waals surface area contributed by atoms with E-state index in [0.29, 0.717) is 22.1 Å². The van der Waals surface area contributed by atoms with Gasteiger partial charge in [0.15, 0.2) is 10.9 Å². The number of nitrogens with one attached hydrogen (secondary N) is 2. The Bertz CT molecular complexity index is 1200. The zero-order valence-electron chi connectivity index (χ0n) is 19.2. The highest BCUT2D eigenvalue weighted by atomic mass is 32.1. The van der Waals surface area contributed by atoms with Gasteiger partial charge in [-0.25, -0.2) is 0 Å². The highest BCUT2D eigenvalue weighted by molar-refractivity contribution is 7.80. The minimum Gasteiger partial charge on any atom is -0.406 e. The van der Waals surface area contributed by atoms with Crippen LogP contribution >= 0.6 is 12.2 Å². The van der Waals surface area contributed by atoms with Gasteiger partial charge < -0.3 is 14.9 Å². The fourth-order valence-corrected chi connectivity index (χ4v) is 3.16. The second kappa shape index (κ2) is 11.5. The number of hydrogen-bond donors (Lipinski definition) is 2. The topological polar surface area (TPSA) is 67.2 Å². The Labute approximate surface area is 206 Å². The molecule has 3 rings (SSSR count). The van der Waals surface area contributed by atoms with E-state index in [1.807, 2.05) is 32.0 Å². The molecule has 0 atom stereocenters. The minimum atomic E-state index is -4.73. The molecule has 0 aromatic heterocycles. The molecule has 0 bridgehead atoms. The van der Waals surface area contributed by atoms with Crippen LogP contribution in [0.5, 0.6) is 11.5 Å². The lowest BCUT2D eigenvalue weighted by Crippen LogP contribution is -2.24. The van der Waals surface area contributed by atoms with E-state index in [0.717, 1.165) is 22.4 Å². The maximum Gasteiger partial charge on any atom is 0.573 e. The highest BCUT2D eigenvalue weighted by Gasteiger charge is 2.30. The molecular weight excluding hydrogens is 477 g/mol. The van der Waals surface area contributed by atoms with Crippen molar-refractivity contribution in [1.82, 2.24) is 5.43 Å². The van der Waals surface area contributed by atoms with Gasteiger partial charge in [-0.2, -0.15) is 5.10 Å². The van der Waals surface area contributed by atoms with Crippen molar-refractivity contribution in [2.75, 3.05) is 5.32 Å². The lowest BCUT2D eigenvalue weighted by molar-refractivity contribution is -0.274. The fourth-order valence-electron chi connectivity index (χ4n) is 3.00. The number of hydrogen-bond acceptors (Lipinski definition) is 5. The van der Waals surface area contributed by atoms with Crippen LogP contribution in [0.3, 0.4) is 0 Å². The predicted molar refractivity (Wildman–Crippen MR) is 135 cm³/mol. The van der Waals surface area contributed by atoms with E-state index in [2.05, 4.69) is 25.7 Å². The number of hydrazone groups is 1. The Morgan fingerprint density at radius 3 is 2.11 bits per heavy atom. The van der Waals surface area contributed by atoms with Crippen molar-refractivity contribution in [2.45, 2.75) is 27.1 Å². The Balaban J connectivity index is 1.51. The van der Waals surface area contributed by atoms with Crippen molar-refractivity contribution in [2.24, 2.45) is 10.3 Å². The van der Waals surface area contributed by atoms with E-state index in [1.54, 1.807) is 37.4 Å². The number of para-hydroxylation sites is 1. The second-order valence-corrected chi connectivity index (χ2v) is 7.91. The van der Waals surface area contributed by atoms with Gasteiger partial charge in [-0.05, 0) is 104 Å². The molecule has 0 radical (unpaired) electrons. The molecule has 0 fully saturated rings. The molecule has 3 aromatic rings. The van der Waals surface area contributed by atoms with Crippen LogP contribution in [-0.2, 0) is 0 Å². The molecule has 0 amide bonds. The fraction of sp³-hybridized carbons (Fsp3) is 0.160. The van der Waals surface area contributed by atoms with Crippen LogP contribution in [0.15, 0.2) is 77.0 Å². The van der Waals surface area contributed by atoms with Gasteiger partial charge in [0.25, 0.3) is 0 Å². The lowest BCUT2D eigenvalue weighted by Gasteiger charge is -2.12. The first kappa shape index (κ1) is 25.7. The predicted octanol–water partition coefficient (Wildman–Crippen LogP) is 6.33. The first-order chi connectivity index (χ1) is 16.6. The van der Waals surface area contributed by atoms with Gasteiger partial charge in [0.05, 0.1) is 11.9 Å². The van der Waals surface area contributed by atoms with E-state index in [4.69, 9.17) is 17.1 Å². The molecule has 3 aromatic carbocycles. The van der Waals surface area contributed by atoms with E-state index in [9.17, 15) is 13.2 Å². The van der Waals surface area contributed by atoms with Crippen molar-refractivity contribution < 1.29 is 22.7 Å². The highest BCUT2D eigenvalue weighted by Crippen LogP contribution is 2.23. The minimum absolute atomic E-state index is 0.302. The Morgan fingerprint density at radius 1 is 0.914 bits per heavy atom. The molecule has 0 aliphatic heterocycles. The molecule has 0 aliphatic rings. The van der Waals surface area contributed by atoms with Crippen LogP contribution in [-0.4, -0.2) is 23.4 Å². The summed E-state index contributed by atoms with van der Waals surface area (Å²) in [5, 5.41) is 11.7. The van der Waals surface area contributed by atoms with Crippen LogP contribution in [0.4, 0.5) is 18.9 Å². The van der Waals surface area contributed by atoms with Gasteiger partial charge in [0.1, 0.15) is 5.75 Å². The molecule has 6 nitrogen and oxygen atoms in total. The molecule has 0 saturated carbocycles. The monoisotopic (exact) mass is 500 g/mol. The molecule has 0 spiro atoms. The van der Waals surface area contributed by atoms with Gasteiger partial charge in [-0.1, -0.05) is 23.4 Å². The van der Waals surface area contributed by atoms with E-state index in [1.165, 1.54) is 24.3 Å². The van der Waals surface area contributed by atoms with Crippen molar-refractivity contribution in [3.8, 4) is 11.5 Å². The van der Waals surface area contributed by atoms with E-state index in [-0.39, 0.29) is 5.75 Å². The normalized spacial score (nSPS) is 11.9. The van der Waals surface area contributed by atoms with E-state index >= 15 is 0 Å². The van der Waals surface area contributed by atoms with Crippen molar-refractivity contribution in [1.29, 1.82) is 0 Å². The maximum absolute atomic E-state index is 12.3. The summed E-state index contributed by atoms with van der Waals surface area (Å²) >= 11 is 5.29. The largest absolute Gasteiger partial charge is 0.573 e. The molecule has 0 heterocycles. The summed E-state index contributed by atoms with van der Waals surface area (Å²) in [5.74, 6) is 0.183. The molecule has 0 unspecified atom stereocenters. The van der Waals surface area contributed by atoms with Crippen LogP contribution in [0.25, 0.3) is 0 Å². The summed E-state index contributed by atoms with van der Waals surface area (Å²) in [6.45, 7) is 5.68. The Morgan fingerprint density at radius 2 is 1.51 bits per heavy atom. The number of thiocarbonyl (C=S) groups is 1. The molecule has 182 valence electrons. The summed E-state index contributed by atoms with van der Waals surface area (Å²) in [5.41, 5.74) is 7.79. The third-order valence-electron chi connectivity index (χ3n) is 4.77. The Hall–Kier alpha value is -3.92. The zero-order chi connectivity index (χ0) is 25.4. The zero-order valence-corrected chi connectivity index (χ0v) is 20.0. The standard InChI is InChI=1S/C25H23F3N4O2S/c1-16-5-4-6-17(2)23(16)30-24(35)31-29-15-19-7-11-22(12-8-19)34-32-18(3)20-9-13-21(14-10-20)33-25(26,27)28/h4-15H,1-3H3,(H2,30,31,35)/b29-15+,32-18+. The number of rotatable bonds is 7. The lowest BCUT2D eigenvalue weighted by atomic mass is 10.1. The summed E-state index contributed by atoms with van der Waals surface area (Å²) in [6.07, 6.45) is -3.12. The van der Waals surface area contributed by atoms with Crippen LogP contribution in [0, 0.1) is 13.8 Å². The van der Waals surface area contributed by atoms with Crippen molar-refractivity contribution in [3.05, 3.63) is 89.0 Å². The summed E-state index contributed by atoms with van der Waals surface area (Å²) in [6, 6.07) is 18.4. The second-order valence-electron chi connectivity index (χ2n) is 7.50. The number of aryl methyl sites for hydroxylation is 2. The van der Waals surface area contributed by atoms with Crippen molar-refractivity contribution in [3.63, 3.8) is 0 Å². The van der Waals surface area contributed by atoms with Crippen LogP contribution in [0.1, 0.15) is 29.2 Å². The molecule has 0 aliphatic carbocycles. The van der Waals surface area contributed by atoms with Crippen molar-refractivity contribution >= 4 is 34.9 Å². The smallest absolute Gasteiger partial charge is 0.406 e. The third-order valence-corrected chi connectivity index (χ3v) is 4.97. The summed E-state index contributed by atoms with van der Waals surface area (Å²) in [7, 11) is 0. The number of benzene rings is 3. The third kappa shape index (κ3) is 8.11. The first-order valence-electron chi connectivity index (χ1n) is 10.4. The number of nitrogens with zero attached hydrogens (tertiary/aromatic N) is 2. The number of halogens is 3. The van der Waals surface area contributed by atoms with Gasteiger partial charge >= 0.3 is 6.36 Å². The van der Waals surface area contributed by atoms with Gasteiger partial charge in [0, 0.05) is 5.69 Å². The number of alkyl halides is 3. The van der Waals surface area contributed by atoms with Gasteiger partial charge in [-0.15, -0.1) is 13.2 Å². The van der Waals surface area contributed by atoms with E-state index < -0.39 is 6.36 Å². The number of anilines is 1. The summed E-state index contributed by atoms with van der Waals surface area (Å²) in [4.78, 5) is 5.41. The maximum atomic E-state index is 12.3.